The van der Waals surface area contributed by atoms with Crippen LogP contribution in [0.25, 0.3) is 10.9 Å². The fourth-order valence-corrected chi connectivity index (χ4v) is 2.51. The van der Waals surface area contributed by atoms with Crippen molar-refractivity contribution < 1.29 is 4.79 Å². The summed E-state index contributed by atoms with van der Waals surface area (Å²) in [5, 5.41) is 1.18. The van der Waals surface area contributed by atoms with Gasteiger partial charge in [-0.1, -0.05) is 50.6 Å². The third-order valence-corrected chi connectivity index (χ3v) is 3.17. The summed E-state index contributed by atoms with van der Waals surface area (Å²) in [7, 11) is 1.82. The largest absolute Gasteiger partial charge is 0.341 e. The molecule has 0 unspecified atom stereocenters. The van der Waals surface area contributed by atoms with Gasteiger partial charge in [-0.25, -0.2) is 4.98 Å². The Balaban J connectivity index is 2.44. The summed E-state index contributed by atoms with van der Waals surface area (Å²) in [4.78, 5) is 18.6. The van der Waals surface area contributed by atoms with Crippen LogP contribution in [0.15, 0.2) is 30.3 Å². The van der Waals surface area contributed by atoms with Crippen molar-refractivity contribution in [1.82, 2.24) is 9.88 Å². The van der Waals surface area contributed by atoms with Gasteiger partial charge in [-0.05, 0) is 17.5 Å². The van der Waals surface area contributed by atoms with Crippen LogP contribution in [-0.4, -0.2) is 29.4 Å². The average Bonchev–Trinajstić information content (AvgIpc) is 2.34. The van der Waals surface area contributed by atoms with Crippen molar-refractivity contribution >= 4 is 28.4 Å². The first-order valence-electron chi connectivity index (χ1n) is 6.59. The van der Waals surface area contributed by atoms with Gasteiger partial charge in [0.15, 0.2) is 0 Å². The summed E-state index contributed by atoms with van der Waals surface area (Å²) in [6.07, 6.45) is 0. The zero-order chi connectivity index (χ0) is 14.9. The molecular formula is C16H19ClN2O. The van der Waals surface area contributed by atoms with Crippen molar-refractivity contribution in [1.29, 1.82) is 0 Å². The Morgan fingerprint density at radius 2 is 1.95 bits per heavy atom. The second-order valence-corrected chi connectivity index (χ2v) is 6.62. The Morgan fingerprint density at radius 1 is 1.30 bits per heavy atom. The van der Waals surface area contributed by atoms with E-state index < -0.39 is 0 Å². The molecule has 0 saturated carbocycles. The van der Waals surface area contributed by atoms with Gasteiger partial charge in [0.2, 0.25) is 0 Å². The van der Waals surface area contributed by atoms with E-state index in [2.05, 4.69) is 25.8 Å². The van der Waals surface area contributed by atoms with Crippen LogP contribution in [0.1, 0.15) is 31.1 Å². The molecule has 0 saturated heterocycles. The first-order chi connectivity index (χ1) is 9.28. The highest BCUT2D eigenvalue weighted by atomic mass is 35.5. The molecule has 0 aliphatic heterocycles. The van der Waals surface area contributed by atoms with Crippen molar-refractivity contribution in [2.45, 2.75) is 20.8 Å². The number of benzene rings is 1. The number of halogens is 1. The van der Waals surface area contributed by atoms with Crippen molar-refractivity contribution in [2.75, 3.05) is 13.6 Å². The summed E-state index contributed by atoms with van der Waals surface area (Å²) in [6.45, 7) is 7.00. The summed E-state index contributed by atoms with van der Waals surface area (Å²) < 4.78 is 0. The Labute approximate surface area is 124 Å². The van der Waals surface area contributed by atoms with Crippen LogP contribution in [0.4, 0.5) is 0 Å². The zero-order valence-electron chi connectivity index (χ0n) is 12.3. The molecule has 2 aromatic rings. The van der Waals surface area contributed by atoms with Gasteiger partial charge in [-0.3, -0.25) is 4.79 Å². The second kappa shape index (κ2) is 5.41. The first-order valence-corrected chi connectivity index (χ1v) is 6.96. The van der Waals surface area contributed by atoms with E-state index in [9.17, 15) is 4.79 Å². The molecule has 1 heterocycles. The molecule has 20 heavy (non-hydrogen) atoms. The number of hydrogen-bond donors (Lipinski definition) is 0. The molecule has 106 valence electrons. The van der Waals surface area contributed by atoms with E-state index >= 15 is 0 Å². The van der Waals surface area contributed by atoms with Gasteiger partial charge in [-0.15, -0.1) is 0 Å². The van der Waals surface area contributed by atoms with E-state index in [1.165, 1.54) is 0 Å². The topological polar surface area (TPSA) is 33.2 Å². The van der Waals surface area contributed by atoms with Crippen LogP contribution < -0.4 is 0 Å². The minimum Gasteiger partial charge on any atom is -0.341 e. The van der Waals surface area contributed by atoms with E-state index in [1.807, 2.05) is 31.3 Å². The van der Waals surface area contributed by atoms with Crippen molar-refractivity contribution in [3.8, 4) is 0 Å². The predicted molar refractivity (Wildman–Crippen MR) is 83.2 cm³/mol. The third-order valence-electron chi connectivity index (χ3n) is 2.97. The number of pyridine rings is 1. The summed E-state index contributed by atoms with van der Waals surface area (Å²) in [6, 6.07) is 9.20. The fourth-order valence-electron chi connectivity index (χ4n) is 2.31. The smallest absolute Gasteiger partial charge is 0.254 e. The first kappa shape index (κ1) is 14.8. The number of para-hydroxylation sites is 1. The fraction of sp³-hybridized carbons (Fsp3) is 0.375. The molecule has 1 aromatic carbocycles. The number of carbonyl (C=O) groups excluding carboxylic acids is 1. The van der Waals surface area contributed by atoms with Gasteiger partial charge in [0.05, 0.1) is 11.1 Å². The average molecular weight is 291 g/mol. The maximum atomic E-state index is 12.6. The van der Waals surface area contributed by atoms with Crippen LogP contribution in [-0.2, 0) is 0 Å². The highest BCUT2D eigenvalue weighted by Gasteiger charge is 2.21. The summed E-state index contributed by atoms with van der Waals surface area (Å²) in [5.41, 5.74) is 1.40. The van der Waals surface area contributed by atoms with Gasteiger partial charge in [0.1, 0.15) is 5.15 Å². The van der Waals surface area contributed by atoms with Crippen molar-refractivity contribution in [3.05, 3.63) is 41.0 Å². The molecule has 4 heteroatoms. The molecule has 0 spiro atoms. The Hall–Kier alpha value is -1.61. The van der Waals surface area contributed by atoms with E-state index in [0.29, 0.717) is 17.3 Å². The quantitative estimate of drug-likeness (QED) is 0.783. The van der Waals surface area contributed by atoms with Crippen LogP contribution in [0.5, 0.6) is 0 Å². The van der Waals surface area contributed by atoms with Gasteiger partial charge in [0.25, 0.3) is 5.91 Å². The molecule has 0 fully saturated rings. The Kier molecular flexibility index (Phi) is 4.00. The number of carbonyl (C=O) groups is 1. The molecular weight excluding hydrogens is 272 g/mol. The number of amides is 1. The Bertz CT molecular complexity index is 646. The third kappa shape index (κ3) is 3.28. The SMILES string of the molecule is CN(CC(C)(C)C)C(=O)c1cc(Cl)nc2ccccc12. The van der Waals surface area contributed by atoms with Crippen LogP contribution in [0.2, 0.25) is 5.15 Å². The predicted octanol–water partition coefficient (Wildman–Crippen LogP) is 4.01. The van der Waals surface area contributed by atoms with E-state index in [-0.39, 0.29) is 11.3 Å². The van der Waals surface area contributed by atoms with E-state index in [0.717, 1.165) is 10.9 Å². The standard InChI is InChI=1S/C16H19ClN2O/c1-16(2,3)10-19(4)15(20)12-9-14(17)18-13-8-6-5-7-11(12)13/h5-9H,10H2,1-4H3. The lowest BCUT2D eigenvalue weighted by Crippen LogP contribution is -2.34. The lowest BCUT2D eigenvalue weighted by Gasteiger charge is -2.27. The zero-order valence-corrected chi connectivity index (χ0v) is 13.0. The van der Waals surface area contributed by atoms with Gasteiger partial charge >= 0.3 is 0 Å². The lowest BCUT2D eigenvalue weighted by molar-refractivity contribution is 0.0747. The highest BCUT2D eigenvalue weighted by Crippen LogP contribution is 2.23. The maximum absolute atomic E-state index is 12.6. The molecule has 0 aliphatic rings. The van der Waals surface area contributed by atoms with Gasteiger partial charge in [-0.2, -0.15) is 0 Å². The van der Waals surface area contributed by atoms with Crippen molar-refractivity contribution in [2.24, 2.45) is 5.41 Å². The molecule has 1 amide bonds. The molecule has 2 rings (SSSR count). The summed E-state index contributed by atoms with van der Waals surface area (Å²) in [5.74, 6) is -0.0274. The van der Waals surface area contributed by atoms with E-state index in [1.54, 1.807) is 11.0 Å². The number of nitrogens with zero attached hydrogens (tertiary/aromatic N) is 2. The minimum atomic E-state index is -0.0274. The van der Waals surface area contributed by atoms with E-state index in [4.69, 9.17) is 11.6 Å². The van der Waals surface area contributed by atoms with Crippen LogP contribution in [0, 0.1) is 5.41 Å². The number of rotatable bonds is 2. The van der Waals surface area contributed by atoms with Gasteiger partial charge in [0, 0.05) is 19.0 Å². The minimum absolute atomic E-state index is 0.0274. The number of hydrogen-bond acceptors (Lipinski definition) is 2. The molecule has 0 bridgehead atoms. The molecule has 0 radical (unpaired) electrons. The molecule has 1 aromatic heterocycles. The monoisotopic (exact) mass is 290 g/mol. The lowest BCUT2D eigenvalue weighted by atomic mass is 9.96. The van der Waals surface area contributed by atoms with Gasteiger partial charge < -0.3 is 4.90 Å². The molecule has 0 aliphatic carbocycles. The highest BCUT2D eigenvalue weighted by molar-refractivity contribution is 6.30. The molecule has 0 N–H and O–H groups in total. The molecule has 3 nitrogen and oxygen atoms in total. The maximum Gasteiger partial charge on any atom is 0.254 e. The Morgan fingerprint density at radius 3 is 2.60 bits per heavy atom. The van der Waals surface area contributed by atoms with Crippen molar-refractivity contribution in [3.63, 3.8) is 0 Å². The normalized spacial score (nSPS) is 11.7. The second-order valence-electron chi connectivity index (χ2n) is 6.23. The van der Waals surface area contributed by atoms with Crippen LogP contribution in [0.3, 0.4) is 0 Å². The van der Waals surface area contributed by atoms with Crippen LogP contribution >= 0.6 is 11.6 Å². The number of fused-ring (bicyclic) bond motifs is 1. The number of aromatic nitrogens is 1. The summed E-state index contributed by atoms with van der Waals surface area (Å²) >= 11 is 6.02. The molecule has 0 atom stereocenters.